The van der Waals surface area contributed by atoms with E-state index < -0.39 is 0 Å². The molecule has 4 heteroatoms. The first-order chi connectivity index (χ1) is 10.8. The Kier molecular flexibility index (Phi) is 10.9. The SMILES string of the molecule is CCCCCCC(C)NC(=O)CC(C)(C)CC(=O)N(CC)CC. The van der Waals surface area contributed by atoms with Crippen LogP contribution in [0.4, 0.5) is 0 Å². The number of nitrogens with one attached hydrogen (secondary N) is 1. The summed E-state index contributed by atoms with van der Waals surface area (Å²) in [6.07, 6.45) is 6.76. The van der Waals surface area contributed by atoms with Crippen molar-refractivity contribution in [2.24, 2.45) is 5.41 Å². The molecule has 0 saturated heterocycles. The Morgan fingerprint density at radius 3 is 2.13 bits per heavy atom. The van der Waals surface area contributed by atoms with E-state index in [1.807, 2.05) is 32.6 Å². The van der Waals surface area contributed by atoms with Gasteiger partial charge in [-0.05, 0) is 32.6 Å². The predicted octanol–water partition coefficient (Wildman–Crippen LogP) is 4.14. The molecule has 23 heavy (non-hydrogen) atoms. The van der Waals surface area contributed by atoms with E-state index in [1.54, 1.807) is 0 Å². The highest BCUT2D eigenvalue weighted by Gasteiger charge is 2.27. The Labute approximate surface area is 143 Å². The molecule has 0 heterocycles. The first kappa shape index (κ1) is 21.9. The van der Waals surface area contributed by atoms with E-state index >= 15 is 0 Å². The molecular formula is C19H38N2O2. The molecule has 0 rings (SSSR count). The molecule has 0 radical (unpaired) electrons. The number of amides is 2. The van der Waals surface area contributed by atoms with Crippen LogP contribution in [-0.4, -0.2) is 35.8 Å². The van der Waals surface area contributed by atoms with E-state index in [9.17, 15) is 9.59 Å². The third-order valence-electron chi connectivity index (χ3n) is 4.28. The van der Waals surface area contributed by atoms with E-state index in [0.717, 1.165) is 19.5 Å². The molecule has 1 unspecified atom stereocenters. The van der Waals surface area contributed by atoms with Crippen molar-refractivity contribution in [2.45, 2.75) is 92.5 Å². The largest absolute Gasteiger partial charge is 0.354 e. The van der Waals surface area contributed by atoms with Crippen LogP contribution >= 0.6 is 0 Å². The molecule has 0 saturated carbocycles. The van der Waals surface area contributed by atoms with Crippen molar-refractivity contribution >= 4 is 11.8 Å². The molecule has 2 amide bonds. The van der Waals surface area contributed by atoms with Crippen molar-refractivity contribution in [1.29, 1.82) is 0 Å². The molecule has 0 aromatic heterocycles. The van der Waals surface area contributed by atoms with Crippen LogP contribution in [0.2, 0.25) is 0 Å². The Balaban J connectivity index is 4.22. The zero-order chi connectivity index (χ0) is 17.9. The average molecular weight is 327 g/mol. The number of hydrogen-bond acceptors (Lipinski definition) is 2. The van der Waals surface area contributed by atoms with Crippen LogP contribution in [0.1, 0.15) is 86.5 Å². The van der Waals surface area contributed by atoms with E-state index in [2.05, 4.69) is 19.2 Å². The van der Waals surface area contributed by atoms with Crippen molar-refractivity contribution < 1.29 is 9.59 Å². The van der Waals surface area contributed by atoms with Crippen LogP contribution < -0.4 is 5.32 Å². The fourth-order valence-electron chi connectivity index (χ4n) is 2.87. The van der Waals surface area contributed by atoms with Gasteiger partial charge in [0.15, 0.2) is 0 Å². The van der Waals surface area contributed by atoms with E-state index in [-0.39, 0.29) is 23.3 Å². The monoisotopic (exact) mass is 326 g/mol. The summed E-state index contributed by atoms with van der Waals surface area (Å²) in [6.45, 7) is 13.7. The van der Waals surface area contributed by atoms with Gasteiger partial charge in [0.1, 0.15) is 0 Å². The summed E-state index contributed by atoms with van der Waals surface area (Å²) in [4.78, 5) is 26.3. The molecule has 0 fully saturated rings. The van der Waals surface area contributed by atoms with Gasteiger partial charge in [0.25, 0.3) is 0 Å². The number of unbranched alkanes of at least 4 members (excludes halogenated alkanes) is 3. The topological polar surface area (TPSA) is 49.4 Å². The van der Waals surface area contributed by atoms with Gasteiger partial charge in [0, 0.05) is 32.0 Å². The number of carbonyl (C=O) groups is 2. The Bertz CT molecular complexity index is 349. The van der Waals surface area contributed by atoms with Crippen molar-refractivity contribution in [1.82, 2.24) is 10.2 Å². The van der Waals surface area contributed by atoms with Crippen LogP contribution in [0.25, 0.3) is 0 Å². The molecule has 0 aliphatic heterocycles. The van der Waals surface area contributed by atoms with Gasteiger partial charge >= 0.3 is 0 Å². The van der Waals surface area contributed by atoms with Crippen molar-refractivity contribution in [3.63, 3.8) is 0 Å². The summed E-state index contributed by atoms with van der Waals surface area (Å²) in [6, 6.07) is 0.216. The van der Waals surface area contributed by atoms with Crippen LogP contribution in [-0.2, 0) is 9.59 Å². The first-order valence-corrected chi connectivity index (χ1v) is 9.32. The molecule has 0 aliphatic rings. The van der Waals surface area contributed by atoms with Crippen molar-refractivity contribution in [3.8, 4) is 0 Å². The minimum absolute atomic E-state index is 0.0605. The maximum Gasteiger partial charge on any atom is 0.223 e. The molecule has 0 aliphatic carbocycles. The van der Waals surface area contributed by atoms with E-state index in [4.69, 9.17) is 0 Å². The number of carbonyl (C=O) groups excluding carboxylic acids is 2. The maximum absolute atomic E-state index is 12.2. The predicted molar refractivity (Wildman–Crippen MR) is 97.3 cm³/mol. The fraction of sp³-hybridized carbons (Fsp3) is 0.895. The van der Waals surface area contributed by atoms with Gasteiger partial charge in [-0.15, -0.1) is 0 Å². The van der Waals surface area contributed by atoms with E-state index in [1.165, 1.54) is 25.7 Å². The Hall–Kier alpha value is -1.06. The third kappa shape index (κ3) is 10.4. The lowest BCUT2D eigenvalue weighted by Gasteiger charge is -2.28. The van der Waals surface area contributed by atoms with Gasteiger partial charge < -0.3 is 10.2 Å². The average Bonchev–Trinajstić information content (AvgIpc) is 2.43. The summed E-state index contributed by atoms with van der Waals surface area (Å²) in [5, 5.41) is 3.08. The van der Waals surface area contributed by atoms with Gasteiger partial charge in [0.2, 0.25) is 11.8 Å². The van der Waals surface area contributed by atoms with Crippen molar-refractivity contribution in [2.75, 3.05) is 13.1 Å². The second kappa shape index (κ2) is 11.5. The molecular weight excluding hydrogens is 288 g/mol. The lowest BCUT2D eigenvalue weighted by Crippen LogP contribution is -2.38. The summed E-state index contributed by atoms with van der Waals surface area (Å²) >= 11 is 0. The van der Waals surface area contributed by atoms with Crippen molar-refractivity contribution in [3.05, 3.63) is 0 Å². The van der Waals surface area contributed by atoms with Crippen LogP contribution in [0.5, 0.6) is 0 Å². The molecule has 1 atom stereocenters. The smallest absolute Gasteiger partial charge is 0.223 e. The first-order valence-electron chi connectivity index (χ1n) is 9.32. The molecule has 0 bridgehead atoms. The second-order valence-electron chi connectivity index (χ2n) is 7.40. The normalized spacial score (nSPS) is 12.8. The lowest BCUT2D eigenvalue weighted by molar-refractivity contribution is -0.133. The summed E-state index contributed by atoms with van der Waals surface area (Å²) in [5.74, 6) is 0.200. The molecule has 1 N–H and O–H groups in total. The number of rotatable bonds is 12. The van der Waals surface area contributed by atoms with Crippen LogP contribution in [0.3, 0.4) is 0 Å². The minimum Gasteiger partial charge on any atom is -0.354 e. The highest BCUT2D eigenvalue weighted by Crippen LogP contribution is 2.26. The van der Waals surface area contributed by atoms with Gasteiger partial charge in [-0.1, -0.05) is 46.5 Å². The Morgan fingerprint density at radius 1 is 1.00 bits per heavy atom. The maximum atomic E-state index is 12.2. The fourth-order valence-corrected chi connectivity index (χ4v) is 2.87. The van der Waals surface area contributed by atoms with Crippen LogP contribution in [0, 0.1) is 5.41 Å². The molecule has 4 nitrogen and oxygen atoms in total. The number of nitrogens with zero attached hydrogens (tertiary/aromatic N) is 1. The third-order valence-corrected chi connectivity index (χ3v) is 4.28. The standard InChI is InChI=1S/C19H38N2O2/c1-7-10-11-12-13-16(4)20-17(22)14-19(5,6)15-18(23)21(8-2)9-3/h16H,7-15H2,1-6H3,(H,20,22). The van der Waals surface area contributed by atoms with Gasteiger partial charge in [-0.25, -0.2) is 0 Å². The molecule has 136 valence electrons. The zero-order valence-electron chi connectivity index (χ0n) is 16.2. The minimum atomic E-state index is -0.300. The van der Waals surface area contributed by atoms with Gasteiger partial charge in [0.05, 0.1) is 0 Å². The second-order valence-corrected chi connectivity index (χ2v) is 7.40. The highest BCUT2D eigenvalue weighted by atomic mass is 16.2. The quantitative estimate of drug-likeness (QED) is 0.548. The lowest BCUT2D eigenvalue weighted by atomic mass is 9.84. The molecule has 0 aromatic rings. The van der Waals surface area contributed by atoms with Gasteiger partial charge in [-0.3, -0.25) is 9.59 Å². The highest BCUT2D eigenvalue weighted by molar-refractivity contribution is 5.80. The molecule has 0 spiro atoms. The van der Waals surface area contributed by atoms with Crippen LogP contribution in [0.15, 0.2) is 0 Å². The summed E-state index contributed by atoms with van der Waals surface area (Å²) in [5.41, 5.74) is -0.300. The Morgan fingerprint density at radius 2 is 1.61 bits per heavy atom. The zero-order valence-corrected chi connectivity index (χ0v) is 16.2. The summed E-state index contributed by atoms with van der Waals surface area (Å²) in [7, 11) is 0. The number of hydrogen-bond donors (Lipinski definition) is 1. The van der Waals surface area contributed by atoms with E-state index in [0.29, 0.717) is 12.8 Å². The van der Waals surface area contributed by atoms with Gasteiger partial charge in [-0.2, -0.15) is 0 Å². The summed E-state index contributed by atoms with van der Waals surface area (Å²) < 4.78 is 0. The molecule has 0 aromatic carbocycles.